The standard InChI is InChI=1S/C60H36N2S/c1-2-14-45-43(12-1)44-13-3-4-15-46(44)53-36-41(30-32-47(45)53)62-56-22-9-6-17-49(56)54-34-38(27-33-57(54)62)39-26-31-50-48-16-5-8-21-55(48)61(58(50)35-39)40-28-24-37(25-29-40)42-19-11-20-52-51-18-7-10-23-59(51)63-60(42)52/h1-36H. The minimum atomic E-state index is 1.15. The lowest BCUT2D eigenvalue weighted by Gasteiger charge is -2.14. The lowest BCUT2D eigenvalue weighted by Crippen LogP contribution is -1.95. The number of fused-ring (bicyclic) bond motifs is 15. The predicted molar refractivity (Wildman–Crippen MR) is 271 cm³/mol. The van der Waals surface area contributed by atoms with Crippen molar-refractivity contribution in [1.82, 2.24) is 9.13 Å². The summed E-state index contributed by atoms with van der Waals surface area (Å²) in [7, 11) is 0. The van der Waals surface area contributed by atoms with Gasteiger partial charge in [0, 0.05) is 53.1 Å². The minimum absolute atomic E-state index is 1.15. The summed E-state index contributed by atoms with van der Waals surface area (Å²) < 4.78 is 7.56. The summed E-state index contributed by atoms with van der Waals surface area (Å²) in [5, 5.41) is 15.4. The second-order valence-electron chi connectivity index (χ2n) is 16.8. The van der Waals surface area contributed by atoms with Crippen molar-refractivity contribution in [2.75, 3.05) is 0 Å². The minimum Gasteiger partial charge on any atom is -0.309 e. The third-order valence-electron chi connectivity index (χ3n) is 13.5. The Hall–Kier alpha value is -7.98. The number of nitrogens with zero attached hydrogens (tertiary/aromatic N) is 2. The average molecular weight is 817 g/mol. The van der Waals surface area contributed by atoms with Crippen molar-refractivity contribution in [1.29, 1.82) is 0 Å². The zero-order chi connectivity index (χ0) is 41.2. The summed E-state index contributed by atoms with van der Waals surface area (Å²) in [6.07, 6.45) is 0. The van der Waals surface area contributed by atoms with Gasteiger partial charge in [-0.1, -0.05) is 158 Å². The highest BCUT2D eigenvalue weighted by Gasteiger charge is 2.18. The number of hydrogen-bond acceptors (Lipinski definition) is 1. The van der Waals surface area contributed by atoms with Crippen LogP contribution < -0.4 is 0 Å². The monoisotopic (exact) mass is 816 g/mol. The van der Waals surface area contributed by atoms with Gasteiger partial charge in [-0.2, -0.15) is 0 Å². The van der Waals surface area contributed by atoms with Crippen molar-refractivity contribution in [2.45, 2.75) is 0 Å². The Morgan fingerprint density at radius 2 is 0.730 bits per heavy atom. The lowest BCUT2D eigenvalue weighted by atomic mass is 9.94. The van der Waals surface area contributed by atoms with E-state index in [2.05, 4.69) is 228 Å². The first-order valence-corrected chi connectivity index (χ1v) is 22.5. The summed E-state index contributed by atoms with van der Waals surface area (Å²) in [6.45, 7) is 0. The summed E-state index contributed by atoms with van der Waals surface area (Å²) in [5.41, 5.74) is 12.0. The van der Waals surface area contributed by atoms with E-state index in [-0.39, 0.29) is 0 Å². The molecule has 11 aromatic carbocycles. The molecule has 0 saturated heterocycles. The molecule has 3 heteroatoms. The van der Waals surface area contributed by atoms with Crippen LogP contribution in [-0.2, 0) is 0 Å². The third kappa shape index (κ3) is 5.06. The van der Waals surface area contributed by atoms with Crippen molar-refractivity contribution < 1.29 is 0 Å². The molecule has 0 spiro atoms. The molecule has 2 nitrogen and oxygen atoms in total. The van der Waals surface area contributed by atoms with Gasteiger partial charge in [-0.05, 0) is 115 Å². The van der Waals surface area contributed by atoms with Gasteiger partial charge in [0.05, 0.1) is 22.1 Å². The molecular weight excluding hydrogens is 781 g/mol. The summed E-state index contributed by atoms with van der Waals surface area (Å²) in [6, 6.07) is 81.0. The smallest absolute Gasteiger partial charge is 0.0547 e. The van der Waals surface area contributed by atoms with Crippen molar-refractivity contribution in [3.05, 3.63) is 218 Å². The Balaban J connectivity index is 0.911. The number of benzene rings is 11. The molecule has 0 saturated carbocycles. The highest BCUT2D eigenvalue weighted by Crippen LogP contribution is 2.43. The maximum Gasteiger partial charge on any atom is 0.0547 e. The molecule has 14 aromatic rings. The van der Waals surface area contributed by atoms with Crippen LogP contribution in [0.2, 0.25) is 0 Å². The van der Waals surface area contributed by atoms with Gasteiger partial charge >= 0.3 is 0 Å². The zero-order valence-electron chi connectivity index (χ0n) is 34.1. The van der Waals surface area contributed by atoms with Gasteiger partial charge in [-0.15, -0.1) is 11.3 Å². The van der Waals surface area contributed by atoms with Crippen LogP contribution in [0.5, 0.6) is 0 Å². The molecule has 0 unspecified atom stereocenters. The van der Waals surface area contributed by atoms with E-state index in [9.17, 15) is 0 Å². The van der Waals surface area contributed by atoms with E-state index in [0.29, 0.717) is 0 Å². The molecule has 0 fully saturated rings. The van der Waals surface area contributed by atoms with Crippen molar-refractivity contribution in [2.24, 2.45) is 0 Å². The molecule has 0 bridgehead atoms. The molecule has 14 rings (SSSR count). The fourth-order valence-electron chi connectivity index (χ4n) is 10.7. The van der Waals surface area contributed by atoms with Crippen LogP contribution in [0.15, 0.2) is 218 Å². The molecule has 0 N–H and O–H groups in total. The Kier molecular flexibility index (Phi) is 7.30. The van der Waals surface area contributed by atoms with E-state index in [1.165, 1.54) is 124 Å². The molecule has 292 valence electrons. The normalized spacial score (nSPS) is 12.1. The van der Waals surface area contributed by atoms with Gasteiger partial charge in [-0.25, -0.2) is 0 Å². The van der Waals surface area contributed by atoms with Gasteiger partial charge in [-0.3, -0.25) is 0 Å². The molecular formula is C60H36N2S. The topological polar surface area (TPSA) is 9.86 Å². The molecule has 0 aliphatic rings. The number of aromatic nitrogens is 2. The van der Waals surface area contributed by atoms with E-state index < -0.39 is 0 Å². The third-order valence-corrected chi connectivity index (χ3v) is 14.7. The van der Waals surface area contributed by atoms with Crippen LogP contribution >= 0.6 is 11.3 Å². The Morgan fingerprint density at radius 3 is 1.46 bits per heavy atom. The molecule has 0 radical (unpaired) electrons. The van der Waals surface area contributed by atoms with Crippen LogP contribution in [-0.4, -0.2) is 9.13 Å². The largest absolute Gasteiger partial charge is 0.309 e. The van der Waals surface area contributed by atoms with E-state index >= 15 is 0 Å². The molecule has 63 heavy (non-hydrogen) atoms. The van der Waals surface area contributed by atoms with E-state index in [1.807, 2.05) is 11.3 Å². The molecule has 0 aliphatic heterocycles. The number of rotatable bonds is 4. The molecule has 0 atom stereocenters. The summed E-state index contributed by atoms with van der Waals surface area (Å²) in [4.78, 5) is 0. The molecule has 0 aliphatic carbocycles. The first kappa shape index (κ1) is 34.7. The van der Waals surface area contributed by atoms with Crippen LogP contribution in [0.3, 0.4) is 0 Å². The highest BCUT2D eigenvalue weighted by molar-refractivity contribution is 7.26. The van der Waals surface area contributed by atoms with E-state index in [0.717, 1.165) is 5.69 Å². The quantitative estimate of drug-likeness (QED) is 0.157. The van der Waals surface area contributed by atoms with Crippen molar-refractivity contribution in [3.8, 4) is 33.6 Å². The second kappa shape index (κ2) is 13.3. The SMILES string of the molecule is c1ccc2c(c1)sc1c(-c3ccc(-n4c5ccccc5c5ccc(-c6ccc7c(c6)c6ccccc6n7-c6ccc7c8ccccc8c8ccccc8c7c6)cc54)cc3)cccc12. The first-order valence-electron chi connectivity index (χ1n) is 21.7. The van der Waals surface area contributed by atoms with Gasteiger partial charge in [0.15, 0.2) is 0 Å². The number of thiophene rings is 1. The number of hydrogen-bond donors (Lipinski definition) is 0. The van der Waals surface area contributed by atoms with Crippen molar-refractivity contribution in [3.63, 3.8) is 0 Å². The van der Waals surface area contributed by atoms with Gasteiger partial charge < -0.3 is 9.13 Å². The van der Waals surface area contributed by atoms with E-state index in [1.54, 1.807) is 0 Å². The van der Waals surface area contributed by atoms with Gasteiger partial charge in [0.1, 0.15) is 0 Å². The Morgan fingerprint density at radius 1 is 0.254 bits per heavy atom. The number of para-hydroxylation sites is 2. The van der Waals surface area contributed by atoms with Crippen LogP contribution in [0, 0.1) is 0 Å². The fraction of sp³-hybridized carbons (Fsp3) is 0. The highest BCUT2D eigenvalue weighted by atomic mass is 32.1. The average Bonchev–Trinajstić information content (AvgIpc) is 4.01. The maximum atomic E-state index is 2.45. The Labute approximate surface area is 366 Å². The van der Waals surface area contributed by atoms with Gasteiger partial charge in [0.2, 0.25) is 0 Å². The predicted octanol–water partition coefficient (Wildman–Crippen LogP) is 17.0. The second-order valence-corrected chi connectivity index (χ2v) is 17.9. The zero-order valence-corrected chi connectivity index (χ0v) is 34.9. The first-order chi connectivity index (χ1) is 31.2. The molecule has 3 aromatic heterocycles. The van der Waals surface area contributed by atoms with Crippen LogP contribution in [0.1, 0.15) is 0 Å². The summed E-state index contributed by atoms with van der Waals surface area (Å²) >= 11 is 1.88. The van der Waals surface area contributed by atoms with E-state index in [4.69, 9.17) is 0 Å². The Bertz CT molecular complexity index is 4160. The molecule has 3 heterocycles. The lowest BCUT2D eigenvalue weighted by molar-refractivity contribution is 1.18. The van der Waals surface area contributed by atoms with Crippen LogP contribution in [0.4, 0.5) is 0 Å². The van der Waals surface area contributed by atoms with Crippen LogP contribution in [0.25, 0.3) is 130 Å². The maximum absolute atomic E-state index is 2.45. The van der Waals surface area contributed by atoms with Gasteiger partial charge in [0.25, 0.3) is 0 Å². The summed E-state index contributed by atoms with van der Waals surface area (Å²) in [5.74, 6) is 0. The molecule has 0 amide bonds. The van der Waals surface area contributed by atoms with Crippen molar-refractivity contribution >= 4 is 107 Å². The fourth-order valence-corrected chi connectivity index (χ4v) is 11.9.